The predicted molar refractivity (Wildman–Crippen MR) is 64.6 cm³/mol. The summed E-state index contributed by atoms with van der Waals surface area (Å²) >= 11 is 0. The molecular weight excluding hydrogens is 220 g/mol. The number of nitrogens with two attached hydrogens (primary N) is 1. The Morgan fingerprint density at radius 1 is 1.65 bits per heavy atom. The van der Waals surface area contributed by atoms with Crippen molar-refractivity contribution in [3.63, 3.8) is 0 Å². The molecule has 0 saturated carbocycles. The monoisotopic (exact) mass is 238 g/mol. The molecule has 1 aromatic rings. The quantitative estimate of drug-likeness (QED) is 0.764. The van der Waals surface area contributed by atoms with Crippen molar-refractivity contribution in [2.45, 2.75) is 12.5 Å². The zero-order valence-electron chi connectivity index (χ0n) is 9.91. The van der Waals surface area contributed by atoms with Gasteiger partial charge in [0.1, 0.15) is 5.82 Å². The van der Waals surface area contributed by atoms with Gasteiger partial charge < -0.3 is 20.5 Å². The fourth-order valence-corrected chi connectivity index (χ4v) is 2.19. The number of nitrogens with zero attached hydrogens (tertiary/aromatic N) is 3. The highest BCUT2D eigenvalue weighted by Crippen LogP contribution is 2.22. The van der Waals surface area contributed by atoms with Gasteiger partial charge in [0.2, 0.25) is 5.95 Å². The van der Waals surface area contributed by atoms with Gasteiger partial charge in [0.25, 0.3) is 0 Å². The van der Waals surface area contributed by atoms with Crippen LogP contribution in [0.4, 0.5) is 11.8 Å². The zero-order chi connectivity index (χ0) is 12.3. The molecule has 0 bridgehead atoms. The minimum atomic E-state index is 0.0961. The van der Waals surface area contributed by atoms with E-state index in [0.29, 0.717) is 18.3 Å². The van der Waals surface area contributed by atoms with Crippen LogP contribution in [0.3, 0.4) is 0 Å². The lowest BCUT2D eigenvalue weighted by molar-refractivity contribution is 0.0137. The lowest BCUT2D eigenvalue weighted by Gasteiger charge is -2.36. The molecule has 2 rings (SSSR count). The van der Waals surface area contributed by atoms with Crippen molar-refractivity contribution in [2.24, 2.45) is 5.92 Å². The number of methoxy groups -OCH3 is 1. The van der Waals surface area contributed by atoms with E-state index >= 15 is 0 Å². The van der Waals surface area contributed by atoms with Gasteiger partial charge in [-0.1, -0.05) is 0 Å². The molecule has 94 valence electrons. The minimum Gasteiger partial charge on any atom is -0.396 e. The summed E-state index contributed by atoms with van der Waals surface area (Å²) in [5, 5.41) is 9.34. The second-order valence-corrected chi connectivity index (χ2v) is 4.23. The fourth-order valence-electron chi connectivity index (χ4n) is 2.19. The molecule has 0 aromatic carbocycles. The number of ether oxygens (including phenoxy) is 1. The van der Waals surface area contributed by atoms with Crippen LogP contribution in [0.1, 0.15) is 6.42 Å². The number of hydrogen-bond acceptors (Lipinski definition) is 6. The highest BCUT2D eigenvalue weighted by molar-refractivity contribution is 5.38. The van der Waals surface area contributed by atoms with Crippen LogP contribution >= 0.6 is 0 Å². The van der Waals surface area contributed by atoms with Gasteiger partial charge in [0.15, 0.2) is 0 Å². The van der Waals surface area contributed by atoms with Crippen molar-refractivity contribution in [3.8, 4) is 0 Å². The van der Waals surface area contributed by atoms with E-state index in [2.05, 4.69) is 9.97 Å². The molecule has 0 radical (unpaired) electrons. The van der Waals surface area contributed by atoms with E-state index in [-0.39, 0.29) is 18.6 Å². The molecule has 3 N–H and O–H groups in total. The first kappa shape index (κ1) is 12.1. The molecule has 0 amide bonds. The van der Waals surface area contributed by atoms with Gasteiger partial charge >= 0.3 is 0 Å². The van der Waals surface area contributed by atoms with Crippen molar-refractivity contribution in [3.05, 3.63) is 12.3 Å². The Labute approximate surface area is 100 Å². The van der Waals surface area contributed by atoms with Crippen molar-refractivity contribution in [1.82, 2.24) is 9.97 Å². The van der Waals surface area contributed by atoms with Crippen LogP contribution in [0.15, 0.2) is 12.3 Å². The van der Waals surface area contributed by atoms with Gasteiger partial charge in [-0.15, -0.1) is 0 Å². The van der Waals surface area contributed by atoms with E-state index in [9.17, 15) is 5.11 Å². The summed E-state index contributed by atoms with van der Waals surface area (Å²) in [5.74, 6) is 1.18. The van der Waals surface area contributed by atoms with Crippen molar-refractivity contribution in [2.75, 3.05) is 37.4 Å². The molecule has 6 nitrogen and oxygen atoms in total. The fraction of sp³-hybridized carbons (Fsp3) is 0.636. The Kier molecular flexibility index (Phi) is 3.75. The second-order valence-electron chi connectivity index (χ2n) is 4.23. The van der Waals surface area contributed by atoms with E-state index < -0.39 is 0 Å². The Balaban J connectivity index is 2.09. The predicted octanol–water partition coefficient (Wildman–Crippen LogP) is -0.108. The first-order valence-electron chi connectivity index (χ1n) is 5.71. The molecule has 2 unspecified atom stereocenters. The van der Waals surface area contributed by atoms with Gasteiger partial charge in [-0.25, -0.2) is 4.98 Å². The number of piperidine rings is 1. The average molecular weight is 238 g/mol. The molecule has 17 heavy (non-hydrogen) atoms. The highest BCUT2D eigenvalue weighted by Gasteiger charge is 2.29. The number of nitrogen functional groups attached to an aromatic ring is 1. The van der Waals surface area contributed by atoms with Gasteiger partial charge in [-0.2, -0.15) is 4.98 Å². The van der Waals surface area contributed by atoms with E-state index in [1.165, 1.54) is 0 Å². The summed E-state index contributed by atoms with van der Waals surface area (Å²) in [7, 11) is 1.68. The third-order valence-corrected chi connectivity index (χ3v) is 3.15. The molecule has 1 saturated heterocycles. The van der Waals surface area contributed by atoms with Gasteiger partial charge in [0, 0.05) is 32.3 Å². The molecule has 6 heteroatoms. The number of aliphatic hydroxyl groups is 1. The third kappa shape index (κ3) is 2.65. The van der Waals surface area contributed by atoms with Crippen LogP contribution in [0.2, 0.25) is 0 Å². The Morgan fingerprint density at radius 3 is 3.12 bits per heavy atom. The van der Waals surface area contributed by atoms with Crippen LogP contribution in [0, 0.1) is 5.92 Å². The van der Waals surface area contributed by atoms with E-state index in [1.807, 2.05) is 4.90 Å². The summed E-state index contributed by atoms with van der Waals surface area (Å²) < 4.78 is 5.35. The number of rotatable bonds is 3. The smallest absolute Gasteiger partial charge is 0.227 e. The molecule has 1 aliphatic rings. The van der Waals surface area contributed by atoms with Crippen LogP contribution in [0.5, 0.6) is 0 Å². The molecular formula is C11H18N4O2. The minimum absolute atomic E-state index is 0.0961. The van der Waals surface area contributed by atoms with Gasteiger partial charge in [-0.05, 0) is 12.5 Å². The van der Waals surface area contributed by atoms with Crippen LogP contribution in [-0.2, 0) is 4.74 Å². The van der Waals surface area contributed by atoms with E-state index in [4.69, 9.17) is 10.5 Å². The number of hydrogen-bond donors (Lipinski definition) is 2. The molecule has 1 aliphatic heterocycles. The van der Waals surface area contributed by atoms with E-state index in [1.54, 1.807) is 19.4 Å². The van der Waals surface area contributed by atoms with Crippen LogP contribution < -0.4 is 10.6 Å². The van der Waals surface area contributed by atoms with Crippen molar-refractivity contribution < 1.29 is 9.84 Å². The summed E-state index contributed by atoms with van der Waals surface area (Å²) in [6.07, 6.45) is 2.62. The van der Waals surface area contributed by atoms with E-state index in [0.717, 1.165) is 13.0 Å². The lowest BCUT2D eigenvalue weighted by Crippen LogP contribution is -2.46. The second kappa shape index (κ2) is 5.29. The van der Waals surface area contributed by atoms with Crippen LogP contribution in [0.25, 0.3) is 0 Å². The number of anilines is 2. The van der Waals surface area contributed by atoms with Gasteiger partial charge in [-0.3, -0.25) is 0 Å². The Morgan fingerprint density at radius 2 is 2.47 bits per heavy atom. The molecule has 1 fully saturated rings. The number of aliphatic hydroxyl groups excluding tert-OH is 1. The van der Waals surface area contributed by atoms with Crippen molar-refractivity contribution >= 4 is 11.8 Å². The van der Waals surface area contributed by atoms with Gasteiger partial charge in [0.05, 0.1) is 12.7 Å². The van der Waals surface area contributed by atoms with Crippen LogP contribution in [-0.4, -0.2) is 48.0 Å². The average Bonchev–Trinajstić information content (AvgIpc) is 2.38. The normalized spacial score (nSPS) is 24.9. The topological polar surface area (TPSA) is 84.5 Å². The first-order chi connectivity index (χ1) is 8.24. The summed E-state index contributed by atoms with van der Waals surface area (Å²) in [5.41, 5.74) is 5.63. The number of aromatic nitrogens is 2. The molecule has 2 heterocycles. The third-order valence-electron chi connectivity index (χ3n) is 3.15. The lowest BCUT2D eigenvalue weighted by atomic mass is 9.95. The Bertz CT molecular complexity index is 374. The maximum absolute atomic E-state index is 9.34. The standard InChI is InChI=1S/C11H18N4O2/c1-17-9-3-5-15(6-8(9)7-16)11-13-4-2-10(12)14-11/h2,4,8-9,16H,3,5-7H2,1H3,(H2,12,13,14). The Hall–Kier alpha value is -1.40. The first-order valence-corrected chi connectivity index (χ1v) is 5.71. The summed E-state index contributed by atoms with van der Waals surface area (Å²) in [4.78, 5) is 10.4. The SMILES string of the molecule is COC1CCN(c2nccc(N)n2)CC1CO. The largest absolute Gasteiger partial charge is 0.396 e. The summed E-state index contributed by atoms with van der Waals surface area (Å²) in [6.45, 7) is 1.62. The molecule has 2 atom stereocenters. The highest BCUT2D eigenvalue weighted by atomic mass is 16.5. The zero-order valence-corrected chi connectivity index (χ0v) is 9.91. The summed E-state index contributed by atoms with van der Waals surface area (Å²) in [6, 6.07) is 1.66. The molecule has 0 spiro atoms. The molecule has 1 aromatic heterocycles. The maximum Gasteiger partial charge on any atom is 0.227 e. The van der Waals surface area contributed by atoms with Crippen molar-refractivity contribution in [1.29, 1.82) is 0 Å². The molecule has 0 aliphatic carbocycles. The maximum atomic E-state index is 9.34.